The van der Waals surface area contributed by atoms with Gasteiger partial charge in [0.15, 0.2) is 0 Å². The Morgan fingerprint density at radius 1 is 1.62 bits per heavy atom. The first kappa shape index (κ1) is 6.31. The fourth-order valence-corrected chi connectivity index (χ4v) is 2.47. The molecule has 0 aliphatic carbocycles. The summed E-state index contributed by atoms with van der Waals surface area (Å²) in [5, 5.41) is 0. The van der Waals surface area contributed by atoms with Crippen LogP contribution in [0.5, 0.6) is 0 Å². The van der Waals surface area contributed by atoms with Gasteiger partial charge in [-0.15, -0.1) is 0 Å². The Balaban J connectivity index is 2.52. The second-order valence-corrected chi connectivity index (χ2v) is 5.87. The third kappa shape index (κ3) is 1.12. The molecule has 2 atom stereocenters. The second-order valence-electron chi connectivity index (χ2n) is 2.77. The second kappa shape index (κ2) is 1.58. The molecule has 0 spiro atoms. The predicted octanol–water partition coefficient (Wildman–Crippen LogP) is 1.23. The molecule has 1 saturated heterocycles. The summed E-state index contributed by atoms with van der Waals surface area (Å²) in [6.07, 6.45) is 0. The lowest BCUT2D eigenvalue weighted by Gasteiger charge is -2.05. The number of nitrogens with zero attached hydrogens (tertiary/aromatic N) is 1. The van der Waals surface area contributed by atoms with Crippen molar-refractivity contribution in [3.8, 4) is 0 Å². The molecule has 1 aliphatic rings. The summed E-state index contributed by atoms with van der Waals surface area (Å²) in [4.78, 5) is 0. The van der Waals surface area contributed by atoms with Crippen molar-refractivity contribution in [1.82, 2.24) is 4.67 Å². The zero-order chi connectivity index (χ0) is 6.36. The number of hydrogen-bond donors (Lipinski definition) is 0. The summed E-state index contributed by atoms with van der Waals surface area (Å²) in [5.41, 5.74) is 0. The minimum Gasteiger partial charge on any atom is -0.307 e. The summed E-state index contributed by atoms with van der Waals surface area (Å²) in [6, 6.07) is 0.579. The van der Waals surface area contributed by atoms with Gasteiger partial charge in [-0.1, -0.05) is 0 Å². The first-order chi connectivity index (χ1) is 3.52. The van der Waals surface area contributed by atoms with E-state index >= 15 is 0 Å². The molecule has 0 saturated carbocycles. The van der Waals surface area contributed by atoms with Gasteiger partial charge >= 0.3 is 0 Å². The fourth-order valence-electron chi connectivity index (χ4n) is 0.895. The van der Waals surface area contributed by atoms with Crippen LogP contribution in [0.15, 0.2) is 0 Å². The van der Waals surface area contributed by atoms with E-state index in [1.54, 1.807) is 0 Å². The van der Waals surface area contributed by atoms with Crippen LogP contribution in [-0.4, -0.2) is 30.6 Å². The van der Waals surface area contributed by atoms with Crippen LogP contribution >= 0.6 is 7.29 Å². The Morgan fingerprint density at radius 2 is 2.00 bits per heavy atom. The third-order valence-electron chi connectivity index (χ3n) is 1.45. The molecule has 1 rings (SSSR count). The van der Waals surface area contributed by atoms with Crippen LogP contribution in [0, 0.1) is 0 Å². The predicted molar refractivity (Wildman–Crippen MR) is 35.6 cm³/mol. The van der Waals surface area contributed by atoms with Crippen LogP contribution < -0.4 is 0 Å². The summed E-state index contributed by atoms with van der Waals surface area (Å²) in [6.45, 7) is 6.76. The fraction of sp³-hybridized carbons (Fsp3) is 1.00. The maximum Gasteiger partial charge on any atom is 0.144 e. The molecule has 0 amide bonds. The van der Waals surface area contributed by atoms with E-state index in [4.69, 9.17) is 0 Å². The molecule has 2 nitrogen and oxygen atoms in total. The van der Waals surface area contributed by atoms with E-state index in [1.807, 2.05) is 18.0 Å². The zero-order valence-corrected chi connectivity index (χ0v) is 6.48. The van der Waals surface area contributed by atoms with Gasteiger partial charge in [-0.25, -0.2) is 4.67 Å². The molecule has 1 heterocycles. The molecule has 2 unspecified atom stereocenters. The molecule has 0 radical (unpaired) electrons. The normalized spacial score (nSPS) is 37.4. The highest BCUT2D eigenvalue weighted by Gasteiger charge is 2.37. The highest BCUT2D eigenvalue weighted by Crippen LogP contribution is 2.49. The quantitative estimate of drug-likeness (QED) is 0.396. The van der Waals surface area contributed by atoms with E-state index in [9.17, 15) is 4.57 Å². The molecule has 0 aromatic heterocycles. The number of hydrogen-bond acceptors (Lipinski definition) is 1. The molecule has 48 valence electrons. The Hall–Kier alpha value is 0.190. The summed E-state index contributed by atoms with van der Waals surface area (Å²) < 4.78 is 13.1. The SMILES string of the molecule is CC1CN1P(C)(C)=O. The molecule has 1 aliphatic heterocycles. The van der Waals surface area contributed by atoms with E-state index in [0.29, 0.717) is 6.04 Å². The van der Waals surface area contributed by atoms with Gasteiger partial charge in [0.2, 0.25) is 0 Å². The lowest BCUT2D eigenvalue weighted by molar-refractivity contribution is 0.554. The third-order valence-corrected chi connectivity index (χ3v) is 3.24. The maximum absolute atomic E-state index is 11.1. The smallest absolute Gasteiger partial charge is 0.144 e. The van der Waals surface area contributed by atoms with Crippen molar-refractivity contribution in [2.45, 2.75) is 13.0 Å². The van der Waals surface area contributed by atoms with Crippen molar-refractivity contribution >= 4 is 7.29 Å². The average Bonchev–Trinajstić information content (AvgIpc) is 2.13. The molecule has 0 bridgehead atoms. The van der Waals surface area contributed by atoms with E-state index in [0.717, 1.165) is 6.54 Å². The summed E-state index contributed by atoms with van der Waals surface area (Å²) in [7, 11) is -1.85. The van der Waals surface area contributed by atoms with Gasteiger partial charge in [0, 0.05) is 25.9 Å². The van der Waals surface area contributed by atoms with Gasteiger partial charge in [-0.2, -0.15) is 0 Å². The van der Waals surface area contributed by atoms with E-state index in [-0.39, 0.29) is 0 Å². The minimum atomic E-state index is -1.85. The van der Waals surface area contributed by atoms with Gasteiger partial charge in [-0.05, 0) is 6.92 Å². The van der Waals surface area contributed by atoms with E-state index in [2.05, 4.69) is 6.92 Å². The Labute approximate surface area is 50.3 Å². The molecular formula is C5H12NOP. The van der Waals surface area contributed by atoms with E-state index < -0.39 is 7.29 Å². The molecular weight excluding hydrogens is 121 g/mol. The van der Waals surface area contributed by atoms with Crippen LogP contribution in [0.4, 0.5) is 0 Å². The zero-order valence-electron chi connectivity index (χ0n) is 5.59. The van der Waals surface area contributed by atoms with Crippen molar-refractivity contribution in [3.05, 3.63) is 0 Å². The molecule has 3 heteroatoms. The van der Waals surface area contributed by atoms with Crippen LogP contribution in [-0.2, 0) is 4.57 Å². The van der Waals surface area contributed by atoms with Crippen molar-refractivity contribution in [2.75, 3.05) is 19.9 Å². The van der Waals surface area contributed by atoms with Crippen molar-refractivity contribution in [2.24, 2.45) is 0 Å². The molecule has 1 fully saturated rings. The topological polar surface area (TPSA) is 20.1 Å². The Morgan fingerprint density at radius 3 is 2.00 bits per heavy atom. The van der Waals surface area contributed by atoms with Crippen LogP contribution in [0.2, 0.25) is 0 Å². The van der Waals surface area contributed by atoms with Crippen molar-refractivity contribution in [3.63, 3.8) is 0 Å². The lowest BCUT2D eigenvalue weighted by atomic mass is 10.6. The number of rotatable bonds is 1. The molecule has 0 N–H and O–H groups in total. The van der Waals surface area contributed by atoms with E-state index in [1.165, 1.54) is 0 Å². The van der Waals surface area contributed by atoms with Crippen LogP contribution in [0.25, 0.3) is 0 Å². The van der Waals surface area contributed by atoms with Crippen molar-refractivity contribution in [1.29, 1.82) is 0 Å². The van der Waals surface area contributed by atoms with Crippen LogP contribution in [0.3, 0.4) is 0 Å². The van der Waals surface area contributed by atoms with Gasteiger partial charge < -0.3 is 4.57 Å². The van der Waals surface area contributed by atoms with Gasteiger partial charge in [-0.3, -0.25) is 0 Å². The largest absolute Gasteiger partial charge is 0.307 e. The average molecular weight is 133 g/mol. The highest BCUT2D eigenvalue weighted by atomic mass is 31.2. The minimum absolute atomic E-state index is 0.579. The first-order valence-corrected chi connectivity index (χ1v) is 5.39. The molecule has 8 heavy (non-hydrogen) atoms. The lowest BCUT2D eigenvalue weighted by Crippen LogP contribution is -1.92. The van der Waals surface area contributed by atoms with Crippen molar-refractivity contribution < 1.29 is 4.57 Å². The Bertz CT molecular complexity index is 139. The van der Waals surface area contributed by atoms with Gasteiger partial charge in [0.05, 0.1) is 0 Å². The summed E-state index contributed by atoms with van der Waals surface area (Å²) >= 11 is 0. The monoisotopic (exact) mass is 133 g/mol. The maximum atomic E-state index is 11.1. The highest BCUT2D eigenvalue weighted by molar-refractivity contribution is 7.60. The van der Waals surface area contributed by atoms with Gasteiger partial charge in [0.1, 0.15) is 7.29 Å². The standard InChI is InChI=1S/C5H12NOP/c1-5-4-6(5)8(2,3)7/h5H,4H2,1-3H3. The molecule has 0 aromatic carbocycles. The molecule has 0 aromatic rings. The Kier molecular flexibility index (Phi) is 1.25. The summed E-state index contributed by atoms with van der Waals surface area (Å²) in [5.74, 6) is 0. The van der Waals surface area contributed by atoms with Crippen LogP contribution in [0.1, 0.15) is 6.92 Å². The first-order valence-electron chi connectivity index (χ1n) is 2.84. The van der Waals surface area contributed by atoms with Gasteiger partial charge in [0.25, 0.3) is 0 Å².